The maximum Gasteiger partial charge on any atom is 0.384 e. The van der Waals surface area contributed by atoms with Crippen molar-refractivity contribution >= 4 is 11.9 Å². The van der Waals surface area contributed by atoms with Crippen LogP contribution in [0.15, 0.2) is 12.2 Å². The van der Waals surface area contributed by atoms with Gasteiger partial charge in [0.1, 0.15) is 6.61 Å². The summed E-state index contributed by atoms with van der Waals surface area (Å²) >= 11 is 0. The minimum Gasteiger partial charge on any atom is -0.456 e. The van der Waals surface area contributed by atoms with Crippen molar-refractivity contribution in [2.24, 2.45) is 5.41 Å². The Balaban J connectivity index is 4.80. The number of ether oxygens (including phenoxy) is 3. The Bertz CT molecular complexity index is 494. The van der Waals surface area contributed by atoms with Gasteiger partial charge in [-0.3, -0.25) is 4.79 Å². The Kier molecular flexibility index (Phi) is 9.41. The van der Waals surface area contributed by atoms with E-state index in [9.17, 15) is 9.59 Å². The van der Waals surface area contributed by atoms with E-state index in [0.29, 0.717) is 0 Å². The minimum atomic E-state index is -0.856. The van der Waals surface area contributed by atoms with E-state index in [4.69, 9.17) is 20.6 Å². The molecule has 0 spiro atoms. The standard InChI is InChI=1S/C17H22O5/c1-6-12-20-13-8-9-14(10-11-15(18)21-7-2)22-16(19)17(3,4)5/h1,8-9,14H,7,12-13H2,2-5H3/b9-8+/t14-/m1/s1. The molecule has 0 fully saturated rings. The second kappa shape index (κ2) is 10.5. The van der Waals surface area contributed by atoms with E-state index in [1.54, 1.807) is 33.8 Å². The van der Waals surface area contributed by atoms with Gasteiger partial charge in [-0.1, -0.05) is 12.0 Å². The van der Waals surface area contributed by atoms with Gasteiger partial charge < -0.3 is 14.2 Å². The number of rotatable bonds is 6. The van der Waals surface area contributed by atoms with Gasteiger partial charge in [-0.15, -0.1) is 6.42 Å². The fraction of sp³-hybridized carbons (Fsp3) is 0.529. The van der Waals surface area contributed by atoms with Gasteiger partial charge in [0.25, 0.3) is 0 Å². The number of carbonyl (C=O) groups excluding carboxylic acids is 2. The van der Waals surface area contributed by atoms with Crippen LogP contribution < -0.4 is 0 Å². The van der Waals surface area contributed by atoms with Crippen molar-refractivity contribution in [3.63, 3.8) is 0 Å². The van der Waals surface area contributed by atoms with Crippen LogP contribution in [0, 0.1) is 29.6 Å². The van der Waals surface area contributed by atoms with Crippen LogP contribution in [0.2, 0.25) is 0 Å². The summed E-state index contributed by atoms with van der Waals surface area (Å²) in [6.45, 7) is 7.54. The van der Waals surface area contributed by atoms with Gasteiger partial charge in [-0.25, -0.2) is 4.79 Å². The monoisotopic (exact) mass is 306 g/mol. The number of hydrogen-bond donors (Lipinski definition) is 0. The zero-order valence-electron chi connectivity index (χ0n) is 13.5. The second-order valence-electron chi connectivity index (χ2n) is 5.21. The van der Waals surface area contributed by atoms with Gasteiger partial charge in [0, 0.05) is 5.92 Å². The molecule has 0 saturated heterocycles. The van der Waals surface area contributed by atoms with Crippen molar-refractivity contribution < 1.29 is 23.8 Å². The summed E-state index contributed by atoms with van der Waals surface area (Å²) < 4.78 is 15.0. The van der Waals surface area contributed by atoms with Crippen molar-refractivity contribution in [1.82, 2.24) is 0 Å². The van der Waals surface area contributed by atoms with Crippen LogP contribution in [-0.2, 0) is 23.8 Å². The topological polar surface area (TPSA) is 61.8 Å². The van der Waals surface area contributed by atoms with Crippen LogP contribution in [0.4, 0.5) is 0 Å². The molecule has 0 heterocycles. The molecule has 0 saturated carbocycles. The Labute approximate surface area is 132 Å². The van der Waals surface area contributed by atoms with Gasteiger partial charge in [0.05, 0.1) is 18.6 Å². The molecule has 0 amide bonds. The number of carbonyl (C=O) groups is 2. The van der Waals surface area contributed by atoms with Crippen LogP contribution in [0.1, 0.15) is 27.7 Å². The van der Waals surface area contributed by atoms with Crippen molar-refractivity contribution in [2.75, 3.05) is 19.8 Å². The van der Waals surface area contributed by atoms with Gasteiger partial charge in [-0.05, 0) is 39.7 Å². The molecule has 0 N–H and O–H groups in total. The maximum atomic E-state index is 11.9. The molecule has 0 aromatic carbocycles. The number of terminal acetylenes is 1. The maximum absolute atomic E-state index is 11.9. The average molecular weight is 306 g/mol. The highest BCUT2D eigenvalue weighted by atomic mass is 16.5. The zero-order valence-corrected chi connectivity index (χ0v) is 13.5. The summed E-state index contributed by atoms with van der Waals surface area (Å²) in [6, 6.07) is 0. The van der Waals surface area contributed by atoms with Crippen LogP contribution in [0.5, 0.6) is 0 Å². The first kappa shape index (κ1) is 19.8. The Morgan fingerprint density at radius 1 is 1.32 bits per heavy atom. The molecule has 5 nitrogen and oxygen atoms in total. The summed E-state index contributed by atoms with van der Waals surface area (Å²) in [7, 11) is 0. The highest BCUT2D eigenvalue weighted by Crippen LogP contribution is 2.16. The summed E-state index contributed by atoms with van der Waals surface area (Å²) in [5.74, 6) is 6.06. The average Bonchev–Trinajstić information content (AvgIpc) is 2.43. The Morgan fingerprint density at radius 2 is 2.00 bits per heavy atom. The minimum absolute atomic E-state index is 0.186. The first-order valence-corrected chi connectivity index (χ1v) is 6.88. The molecule has 0 aromatic heterocycles. The highest BCUT2D eigenvalue weighted by Gasteiger charge is 2.25. The lowest BCUT2D eigenvalue weighted by molar-refractivity contribution is -0.154. The smallest absolute Gasteiger partial charge is 0.384 e. The fourth-order valence-corrected chi connectivity index (χ4v) is 1.07. The van der Waals surface area contributed by atoms with Crippen molar-refractivity contribution in [1.29, 1.82) is 0 Å². The predicted molar refractivity (Wildman–Crippen MR) is 82.5 cm³/mol. The molecule has 0 rings (SSSR count). The molecule has 0 aromatic rings. The lowest BCUT2D eigenvalue weighted by Crippen LogP contribution is -2.27. The zero-order chi connectivity index (χ0) is 17.0. The molecule has 0 radical (unpaired) electrons. The third-order valence-corrected chi connectivity index (χ3v) is 2.15. The first-order valence-electron chi connectivity index (χ1n) is 6.88. The van der Waals surface area contributed by atoms with Crippen molar-refractivity contribution in [2.45, 2.75) is 33.8 Å². The summed E-state index contributed by atoms with van der Waals surface area (Å²) in [5.41, 5.74) is -0.669. The summed E-state index contributed by atoms with van der Waals surface area (Å²) in [6.07, 6.45) is 7.35. The van der Waals surface area contributed by atoms with E-state index in [0.717, 1.165) is 0 Å². The van der Waals surface area contributed by atoms with E-state index < -0.39 is 23.5 Å². The lowest BCUT2D eigenvalue weighted by Gasteiger charge is -2.18. The van der Waals surface area contributed by atoms with E-state index in [-0.39, 0.29) is 19.8 Å². The fourth-order valence-electron chi connectivity index (χ4n) is 1.07. The van der Waals surface area contributed by atoms with E-state index in [1.807, 2.05) is 0 Å². The molecule has 0 unspecified atom stereocenters. The van der Waals surface area contributed by atoms with Gasteiger partial charge in [0.2, 0.25) is 0 Å². The first-order chi connectivity index (χ1) is 10.3. The van der Waals surface area contributed by atoms with Crippen molar-refractivity contribution in [3.05, 3.63) is 12.2 Å². The number of hydrogen-bond acceptors (Lipinski definition) is 5. The quantitative estimate of drug-likeness (QED) is 0.246. The largest absolute Gasteiger partial charge is 0.456 e. The second-order valence-corrected chi connectivity index (χ2v) is 5.21. The van der Waals surface area contributed by atoms with E-state index >= 15 is 0 Å². The third kappa shape index (κ3) is 9.63. The van der Waals surface area contributed by atoms with E-state index in [2.05, 4.69) is 17.8 Å². The van der Waals surface area contributed by atoms with Gasteiger partial charge in [0.15, 0.2) is 6.10 Å². The van der Waals surface area contributed by atoms with Crippen LogP contribution in [-0.4, -0.2) is 37.9 Å². The highest BCUT2D eigenvalue weighted by molar-refractivity contribution is 5.88. The van der Waals surface area contributed by atoms with E-state index in [1.165, 1.54) is 6.08 Å². The van der Waals surface area contributed by atoms with Crippen LogP contribution in [0.3, 0.4) is 0 Å². The predicted octanol–water partition coefficient (Wildman–Crippen LogP) is 1.72. The SMILES string of the molecule is C#CCOC/C=C/[C@H](C#CC(=O)OCC)OC(=O)C(C)(C)C. The lowest BCUT2D eigenvalue weighted by atomic mass is 9.97. The molecular formula is C17H22O5. The van der Waals surface area contributed by atoms with Crippen LogP contribution in [0.25, 0.3) is 0 Å². The molecule has 22 heavy (non-hydrogen) atoms. The van der Waals surface area contributed by atoms with Crippen molar-refractivity contribution in [3.8, 4) is 24.2 Å². The molecule has 0 aliphatic carbocycles. The normalized spacial score (nSPS) is 12.0. The Morgan fingerprint density at radius 3 is 2.55 bits per heavy atom. The molecule has 0 aliphatic rings. The van der Waals surface area contributed by atoms with Gasteiger partial charge >= 0.3 is 11.9 Å². The molecule has 0 aliphatic heterocycles. The summed E-state index contributed by atoms with van der Waals surface area (Å²) in [4.78, 5) is 23.1. The molecule has 0 bridgehead atoms. The molecule has 5 heteroatoms. The van der Waals surface area contributed by atoms with Gasteiger partial charge in [-0.2, -0.15) is 0 Å². The Hall–Kier alpha value is -2.24. The molecule has 1 atom stereocenters. The van der Waals surface area contributed by atoms with Crippen LogP contribution >= 0.6 is 0 Å². The molecular weight excluding hydrogens is 284 g/mol. The summed E-state index contributed by atoms with van der Waals surface area (Å²) in [5, 5.41) is 0. The third-order valence-electron chi connectivity index (χ3n) is 2.15. The molecule has 120 valence electrons. The number of esters is 2.